The van der Waals surface area contributed by atoms with Crippen molar-refractivity contribution in [2.75, 3.05) is 19.9 Å². The van der Waals surface area contributed by atoms with Gasteiger partial charge in [0.25, 0.3) is 0 Å². The molecule has 0 radical (unpaired) electrons. The Labute approximate surface area is 135 Å². The molecule has 22 heavy (non-hydrogen) atoms. The van der Waals surface area contributed by atoms with Gasteiger partial charge in [0.15, 0.2) is 0 Å². The van der Waals surface area contributed by atoms with Gasteiger partial charge in [-0.15, -0.1) is 0 Å². The summed E-state index contributed by atoms with van der Waals surface area (Å²) in [6.45, 7) is 0.952. The summed E-state index contributed by atoms with van der Waals surface area (Å²) in [5.41, 5.74) is 2.39. The quantitative estimate of drug-likeness (QED) is 0.853. The van der Waals surface area contributed by atoms with Crippen molar-refractivity contribution < 1.29 is 9.32 Å². The summed E-state index contributed by atoms with van der Waals surface area (Å²) in [5, 5.41) is 9.35. The van der Waals surface area contributed by atoms with Crippen molar-refractivity contribution >= 4 is 10.8 Å². The second-order valence-electron chi connectivity index (χ2n) is 5.45. The van der Waals surface area contributed by atoms with Gasteiger partial charge >= 0.3 is 0 Å². The summed E-state index contributed by atoms with van der Waals surface area (Å²) >= 11 is 0. The summed E-state index contributed by atoms with van der Waals surface area (Å²) < 4.78 is 11.4. The third-order valence-corrected chi connectivity index (χ3v) is 4.74. The molecule has 118 valence electrons. The van der Waals surface area contributed by atoms with Crippen molar-refractivity contribution in [3.05, 3.63) is 65.7 Å². The minimum atomic E-state index is -0.938. The molecule has 0 aliphatic heterocycles. The van der Waals surface area contributed by atoms with Gasteiger partial charge in [0.1, 0.15) is 0 Å². The summed E-state index contributed by atoms with van der Waals surface area (Å²) in [5.74, 6) is 0. The molecule has 0 aromatic heterocycles. The van der Waals surface area contributed by atoms with Crippen LogP contribution in [0.5, 0.6) is 0 Å². The van der Waals surface area contributed by atoms with Gasteiger partial charge in [-0.25, -0.2) is 0 Å². The SMILES string of the molecule is CN(Cc1ccc(S(C)=O)cc1)C(CCO)c1ccccc1. The van der Waals surface area contributed by atoms with E-state index in [1.54, 1.807) is 6.26 Å². The Balaban J connectivity index is 2.10. The molecule has 3 nitrogen and oxygen atoms in total. The first-order valence-electron chi connectivity index (χ1n) is 7.40. The normalized spacial score (nSPS) is 14.0. The number of benzene rings is 2. The van der Waals surface area contributed by atoms with Gasteiger partial charge < -0.3 is 5.11 Å². The molecule has 2 aromatic carbocycles. The van der Waals surface area contributed by atoms with Crippen LogP contribution in [0, 0.1) is 0 Å². The number of rotatable bonds is 7. The average molecular weight is 317 g/mol. The van der Waals surface area contributed by atoms with E-state index in [1.165, 1.54) is 11.1 Å². The number of aliphatic hydroxyl groups is 1. The molecule has 2 atom stereocenters. The maximum Gasteiger partial charge on any atom is 0.0498 e. The van der Waals surface area contributed by atoms with Crippen LogP contribution < -0.4 is 0 Å². The van der Waals surface area contributed by atoms with E-state index in [1.807, 2.05) is 42.5 Å². The lowest BCUT2D eigenvalue weighted by atomic mass is 10.0. The smallest absolute Gasteiger partial charge is 0.0498 e. The molecule has 0 heterocycles. The number of hydrogen-bond donors (Lipinski definition) is 1. The van der Waals surface area contributed by atoms with Crippen LogP contribution >= 0.6 is 0 Å². The first-order chi connectivity index (χ1) is 10.6. The second kappa shape index (κ2) is 8.22. The molecule has 0 saturated carbocycles. The van der Waals surface area contributed by atoms with Crippen LogP contribution in [0.25, 0.3) is 0 Å². The van der Waals surface area contributed by atoms with Crippen LogP contribution in [0.15, 0.2) is 59.5 Å². The highest BCUT2D eigenvalue weighted by molar-refractivity contribution is 7.84. The fourth-order valence-corrected chi connectivity index (χ4v) is 3.14. The number of aliphatic hydroxyl groups excluding tert-OH is 1. The van der Waals surface area contributed by atoms with E-state index in [4.69, 9.17) is 0 Å². The standard InChI is InChI=1S/C18H23NO2S/c1-19(14-15-8-10-17(11-9-15)22(2)21)18(12-13-20)16-6-4-3-5-7-16/h3-11,18,20H,12-14H2,1-2H3. The topological polar surface area (TPSA) is 40.5 Å². The largest absolute Gasteiger partial charge is 0.396 e. The van der Waals surface area contributed by atoms with Crippen LogP contribution in [-0.2, 0) is 17.3 Å². The van der Waals surface area contributed by atoms with Crippen LogP contribution in [0.2, 0.25) is 0 Å². The summed E-state index contributed by atoms with van der Waals surface area (Å²) in [7, 11) is 1.13. The molecular formula is C18H23NO2S. The first-order valence-corrected chi connectivity index (χ1v) is 8.96. The summed E-state index contributed by atoms with van der Waals surface area (Å²) in [4.78, 5) is 3.09. The zero-order valence-corrected chi connectivity index (χ0v) is 13.9. The number of nitrogens with zero attached hydrogens (tertiary/aromatic N) is 1. The first kappa shape index (κ1) is 16.9. The highest BCUT2D eigenvalue weighted by atomic mass is 32.2. The molecule has 4 heteroatoms. The van der Waals surface area contributed by atoms with Crippen molar-refractivity contribution in [1.82, 2.24) is 4.90 Å². The monoisotopic (exact) mass is 317 g/mol. The van der Waals surface area contributed by atoms with Gasteiger partial charge in [0, 0.05) is 41.1 Å². The van der Waals surface area contributed by atoms with Crippen LogP contribution in [0.3, 0.4) is 0 Å². The molecule has 0 bridgehead atoms. The van der Waals surface area contributed by atoms with Crippen molar-refractivity contribution in [2.45, 2.75) is 23.9 Å². The van der Waals surface area contributed by atoms with Gasteiger partial charge in [0.2, 0.25) is 0 Å². The molecule has 2 unspecified atom stereocenters. The predicted octanol–water partition coefficient (Wildman–Crippen LogP) is 2.98. The summed E-state index contributed by atoms with van der Waals surface area (Å²) in [6.07, 6.45) is 2.39. The molecule has 0 fully saturated rings. The van der Waals surface area contributed by atoms with Crippen LogP contribution in [0.1, 0.15) is 23.6 Å². The van der Waals surface area contributed by atoms with Crippen molar-refractivity contribution in [2.24, 2.45) is 0 Å². The van der Waals surface area contributed by atoms with Crippen molar-refractivity contribution in [3.63, 3.8) is 0 Å². The fraction of sp³-hybridized carbons (Fsp3) is 0.333. The fourth-order valence-electron chi connectivity index (χ4n) is 2.62. The lowest BCUT2D eigenvalue weighted by Crippen LogP contribution is -2.25. The molecule has 1 N–H and O–H groups in total. The van der Waals surface area contributed by atoms with Gasteiger partial charge in [0.05, 0.1) is 0 Å². The van der Waals surface area contributed by atoms with E-state index in [-0.39, 0.29) is 12.6 Å². The Morgan fingerprint density at radius 1 is 1.09 bits per heavy atom. The Bertz CT molecular complexity index is 598. The van der Waals surface area contributed by atoms with E-state index < -0.39 is 10.8 Å². The average Bonchev–Trinajstić information content (AvgIpc) is 2.53. The van der Waals surface area contributed by atoms with E-state index >= 15 is 0 Å². The van der Waals surface area contributed by atoms with E-state index in [0.717, 1.165) is 11.4 Å². The maximum atomic E-state index is 11.4. The van der Waals surface area contributed by atoms with Crippen molar-refractivity contribution in [1.29, 1.82) is 0 Å². The third kappa shape index (κ3) is 4.50. The second-order valence-corrected chi connectivity index (χ2v) is 6.83. The third-order valence-electron chi connectivity index (χ3n) is 3.81. The molecule has 0 aliphatic rings. The Hall–Kier alpha value is -1.49. The van der Waals surface area contributed by atoms with E-state index in [2.05, 4.69) is 24.1 Å². The lowest BCUT2D eigenvalue weighted by molar-refractivity contribution is 0.180. The molecular weight excluding hydrogens is 294 g/mol. The zero-order chi connectivity index (χ0) is 15.9. The van der Waals surface area contributed by atoms with Crippen LogP contribution in [-0.4, -0.2) is 34.1 Å². The molecule has 0 saturated heterocycles. The van der Waals surface area contributed by atoms with E-state index in [0.29, 0.717) is 6.42 Å². The van der Waals surface area contributed by atoms with E-state index in [9.17, 15) is 9.32 Å². The van der Waals surface area contributed by atoms with Crippen LogP contribution in [0.4, 0.5) is 0 Å². The molecule has 2 aromatic rings. The predicted molar refractivity (Wildman–Crippen MR) is 91.1 cm³/mol. The molecule has 2 rings (SSSR count). The van der Waals surface area contributed by atoms with Gasteiger partial charge in [-0.05, 0) is 36.7 Å². The van der Waals surface area contributed by atoms with Gasteiger partial charge in [-0.1, -0.05) is 42.5 Å². The Morgan fingerprint density at radius 3 is 2.27 bits per heavy atom. The minimum Gasteiger partial charge on any atom is -0.396 e. The Kier molecular flexibility index (Phi) is 6.31. The number of hydrogen-bond acceptors (Lipinski definition) is 3. The molecule has 0 aliphatic carbocycles. The highest BCUT2D eigenvalue weighted by Crippen LogP contribution is 2.24. The Morgan fingerprint density at radius 2 is 1.73 bits per heavy atom. The highest BCUT2D eigenvalue weighted by Gasteiger charge is 2.16. The molecule has 0 amide bonds. The summed E-state index contributed by atoms with van der Waals surface area (Å²) in [6, 6.07) is 18.3. The maximum absolute atomic E-state index is 11.4. The zero-order valence-electron chi connectivity index (χ0n) is 13.1. The minimum absolute atomic E-state index is 0.164. The molecule has 0 spiro atoms. The van der Waals surface area contributed by atoms with Gasteiger partial charge in [-0.2, -0.15) is 0 Å². The van der Waals surface area contributed by atoms with Crippen molar-refractivity contribution in [3.8, 4) is 0 Å². The lowest BCUT2D eigenvalue weighted by Gasteiger charge is -2.28. The van der Waals surface area contributed by atoms with Gasteiger partial charge in [-0.3, -0.25) is 9.11 Å².